The summed E-state index contributed by atoms with van der Waals surface area (Å²) in [5.74, 6) is 0.205. The van der Waals surface area contributed by atoms with E-state index in [2.05, 4.69) is 22.4 Å². The third kappa shape index (κ3) is 3.73. The Morgan fingerprint density at radius 3 is 2.95 bits per heavy atom. The highest BCUT2D eigenvalue weighted by molar-refractivity contribution is 5.96. The summed E-state index contributed by atoms with van der Waals surface area (Å²) in [5, 5.41) is 1.94. The normalized spacial score (nSPS) is 23.4. The summed E-state index contributed by atoms with van der Waals surface area (Å²) in [6.07, 6.45) is 2.44. The summed E-state index contributed by atoms with van der Waals surface area (Å²) in [6.45, 7) is 4.76. The summed E-state index contributed by atoms with van der Waals surface area (Å²) in [5.41, 5.74) is 3.40. The summed E-state index contributed by atoms with van der Waals surface area (Å²) < 4.78 is 11.1. The van der Waals surface area contributed by atoms with Gasteiger partial charge >= 0.3 is 0 Å². The van der Waals surface area contributed by atoms with E-state index in [1.54, 1.807) is 18.3 Å². The third-order valence-electron chi connectivity index (χ3n) is 3.94. The van der Waals surface area contributed by atoms with Crippen LogP contribution in [0, 0.1) is 0 Å². The van der Waals surface area contributed by atoms with Crippen molar-refractivity contribution in [3.8, 4) is 5.88 Å². The smallest absolute Gasteiger partial charge is 0.271 e. The molecular weight excluding hydrogens is 284 g/mol. The lowest BCUT2D eigenvalue weighted by Gasteiger charge is -2.32. The van der Waals surface area contributed by atoms with Crippen molar-refractivity contribution in [2.75, 3.05) is 46.4 Å². The zero-order valence-corrected chi connectivity index (χ0v) is 12.8. The van der Waals surface area contributed by atoms with Crippen molar-refractivity contribution in [2.24, 2.45) is 0 Å². The average Bonchev–Trinajstić information content (AvgIpc) is 3.03. The number of pyridine rings is 1. The van der Waals surface area contributed by atoms with E-state index in [-0.39, 0.29) is 12.0 Å². The second-order valence-electron chi connectivity index (χ2n) is 5.69. The van der Waals surface area contributed by atoms with Crippen LogP contribution >= 0.6 is 0 Å². The van der Waals surface area contributed by atoms with Crippen LogP contribution in [-0.2, 0) is 4.74 Å². The molecule has 1 unspecified atom stereocenters. The number of hydrogen-bond donors (Lipinski definition) is 1. The molecule has 2 saturated heterocycles. The molecule has 1 atom stereocenters. The van der Waals surface area contributed by atoms with Crippen LogP contribution in [-0.4, -0.2) is 73.3 Å². The van der Waals surface area contributed by atoms with Crippen molar-refractivity contribution >= 4 is 5.91 Å². The summed E-state index contributed by atoms with van der Waals surface area (Å²) >= 11 is 0. The van der Waals surface area contributed by atoms with E-state index in [9.17, 15) is 4.79 Å². The molecule has 120 valence electrons. The van der Waals surface area contributed by atoms with E-state index < -0.39 is 0 Å². The average molecular weight is 306 g/mol. The number of piperazine rings is 1. The molecule has 1 amide bonds. The van der Waals surface area contributed by atoms with Gasteiger partial charge in [-0.15, -0.1) is 0 Å². The van der Waals surface area contributed by atoms with Gasteiger partial charge in [-0.05, 0) is 19.2 Å². The topological polar surface area (TPSA) is 66.9 Å². The first kappa shape index (κ1) is 15.2. The molecular formula is C15H22N4O3. The third-order valence-corrected chi connectivity index (χ3v) is 3.94. The Balaban J connectivity index is 1.64. The Labute approximate surface area is 130 Å². The molecule has 22 heavy (non-hydrogen) atoms. The molecule has 2 fully saturated rings. The predicted molar refractivity (Wildman–Crippen MR) is 80.6 cm³/mol. The number of aromatic nitrogens is 1. The van der Waals surface area contributed by atoms with Crippen LogP contribution in [0.5, 0.6) is 5.88 Å². The van der Waals surface area contributed by atoms with Crippen LogP contribution in [0.25, 0.3) is 0 Å². The molecule has 1 aromatic heterocycles. The van der Waals surface area contributed by atoms with Crippen molar-refractivity contribution in [1.29, 1.82) is 0 Å². The maximum Gasteiger partial charge on any atom is 0.271 e. The number of hydrogen-bond acceptors (Lipinski definition) is 6. The lowest BCUT2D eigenvalue weighted by molar-refractivity contribution is 0.0654. The van der Waals surface area contributed by atoms with E-state index in [1.165, 1.54) is 0 Å². The van der Waals surface area contributed by atoms with Crippen molar-refractivity contribution in [3.05, 3.63) is 23.9 Å². The fourth-order valence-corrected chi connectivity index (χ4v) is 2.54. The summed E-state index contributed by atoms with van der Waals surface area (Å²) in [6, 6.07) is 3.49. The van der Waals surface area contributed by atoms with Crippen molar-refractivity contribution in [3.63, 3.8) is 0 Å². The zero-order chi connectivity index (χ0) is 15.4. The van der Waals surface area contributed by atoms with Crippen LogP contribution in [0.15, 0.2) is 18.3 Å². The standard InChI is InChI=1S/C15H22N4O3/c1-18-6-8-19(9-7-18)17-14(20)13-3-2-5-16-15(13)22-12-4-10-21-11-12/h2-3,5,12H,4,6-11H2,1H3,(H,17,20). The van der Waals surface area contributed by atoms with E-state index >= 15 is 0 Å². The number of ether oxygens (including phenoxy) is 2. The fourth-order valence-electron chi connectivity index (χ4n) is 2.54. The second-order valence-corrected chi connectivity index (χ2v) is 5.69. The van der Waals surface area contributed by atoms with Crippen LogP contribution in [0.2, 0.25) is 0 Å². The van der Waals surface area contributed by atoms with Gasteiger partial charge in [-0.3, -0.25) is 10.2 Å². The molecule has 3 heterocycles. The Kier molecular flexibility index (Phi) is 4.87. The van der Waals surface area contributed by atoms with Gasteiger partial charge in [0.25, 0.3) is 5.91 Å². The van der Waals surface area contributed by atoms with Gasteiger partial charge in [0.05, 0.1) is 13.2 Å². The molecule has 1 aromatic rings. The minimum Gasteiger partial charge on any atom is -0.471 e. The highest BCUT2D eigenvalue weighted by atomic mass is 16.5. The molecule has 2 aliphatic heterocycles. The number of nitrogens with one attached hydrogen (secondary N) is 1. The Morgan fingerprint density at radius 1 is 1.41 bits per heavy atom. The lowest BCUT2D eigenvalue weighted by Crippen LogP contribution is -2.52. The molecule has 0 aromatic carbocycles. The highest BCUT2D eigenvalue weighted by Crippen LogP contribution is 2.19. The van der Waals surface area contributed by atoms with E-state index in [0.717, 1.165) is 32.6 Å². The van der Waals surface area contributed by atoms with Gasteiger partial charge < -0.3 is 14.4 Å². The maximum absolute atomic E-state index is 12.5. The van der Waals surface area contributed by atoms with E-state index in [4.69, 9.17) is 9.47 Å². The Hall–Kier alpha value is -1.70. The summed E-state index contributed by atoms with van der Waals surface area (Å²) in [4.78, 5) is 18.9. The molecule has 0 aliphatic carbocycles. The predicted octanol–water partition coefficient (Wildman–Crippen LogP) is 0.141. The van der Waals surface area contributed by atoms with E-state index in [1.807, 2.05) is 5.01 Å². The summed E-state index contributed by atoms with van der Waals surface area (Å²) in [7, 11) is 2.08. The second kappa shape index (κ2) is 7.04. The fraction of sp³-hybridized carbons (Fsp3) is 0.600. The largest absolute Gasteiger partial charge is 0.471 e. The molecule has 7 heteroatoms. The zero-order valence-electron chi connectivity index (χ0n) is 12.8. The van der Waals surface area contributed by atoms with Crippen LogP contribution in [0.1, 0.15) is 16.8 Å². The first-order valence-corrected chi connectivity index (χ1v) is 7.66. The molecule has 0 radical (unpaired) electrons. The van der Waals surface area contributed by atoms with Gasteiger partial charge in [-0.1, -0.05) is 0 Å². The number of hydrazine groups is 1. The van der Waals surface area contributed by atoms with Gasteiger partial charge in [-0.2, -0.15) is 0 Å². The first-order chi connectivity index (χ1) is 10.7. The van der Waals surface area contributed by atoms with Gasteiger partial charge in [0, 0.05) is 38.8 Å². The Morgan fingerprint density at radius 2 is 2.23 bits per heavy atom. The number of carbonyl (C=O) groups excluding carboxylic acids is 1. The monoisotopic (exact) mass is 306 g/mol. The van der Waals surface area contributed by atoms with Crippen LogP contribution < -0.4 is 10.2 Å². The van der Waals surface area contributed by atoms with Crippen molar-refractivity contribution in [2.45, 2.75) is 12.5 Å². The highest BCUT2D eigenvalue weighted by Gasteiger charge is 2.23. The van der Waals surface area contributed by atoms with Crippen LogP contribution in [0.3, 0.4) is 0 Å². The van der Waals surface area contributed by atoms with E-state index in [0.29, 0.717) is 24.7 Å². The van der Waals surface area contributed by atoms with Crippen molar-refractivity contribution in [1.82, 2.24) is 20.3 Å². The molecule has 0 spiro atoms. The quantitative estimate of drug-likeness (QED) is 0.854. The number of amides is 1. The lowest BCUT2D eigenvalue weighted by atomic mass is 10.2. The first-order valence-electron chi connectivity index (χ1n) is 7.66. The molecule has 7 nitrogen and oxygen atoms in total. The molecule has 0 saturated carbocycles. The van der Waals surface area contributed by atoms with Crippen LogP contribution in [0.4, 0.5) is 0 Å². The SMILES string of the molecule is CN1CCN(NC(=O)c2cccnc2OC2CCOC2)CC1. The number of rotatable bonds is 4. The molecule has 3 rings (SSSR count). The minimum atomic E-state index is -0.174. The van der Waals surface area contributed by atoms with Crippen molar-refractivity contribution < 1.29 is 14.3 Å². The number of nitrogens with zero attached hydrogens (tertiary/aromatic N) is 3. The number of likely N-dealkylation sites (N-methyl/N-ethyl adjacent to an activating group) is 1. The minimum absolute atomic E-state index is 0.0231. The number of carbonyl (C=O) groups is 1. The maximum atomic E-state index is 12.5. The van der Waals surface area contributed by atoms with Gasteiger partial charge in [-0.25, -0.2) is 9.99 Å². The van der Waals surface area contributed by atoms with Gasteiger partial charge in [0.2, 0.25) is 5.88 Å². The molecule has 1 N–H and O–H groups in total. The van der Waals surface area contributed by atoms with Gasteiger partial charge in [0.1, 0.15) is 11.7 Å². The van der Waals surface area contributed by atoms with Gasteiger partial charge in [0.15, 0.2) is 0 Å². The Bertz CT molecular complexity index is 511. The molecule has 0 bridgehead atoms. The molecule has 2 aliphatic rings.